The first-order valence-electron chi connectivity index (χ1n) is 6.59. The number of unbranched alkanes of at least 4 members (excludes halogenated alkanes) is 1. The van der Waals surface area contributed by atoms with Crippen LogP contribution >= 0.6 is 24.0 Å². The SMILES string of the molecule is C/C(=C/CCCc1[nH]c(=S)[nH]c(=O)c1N)SCCC(N)=O. The van der Waals surface area contributed by atoms with Crippen molar-refractivity contribution in [2.24, 2.45) is 5.73 Å². The van der Waals surface area contributed by atoms with E-state index in [0.29, 0.717) is 24.3 Å². The Kier molecular flexibility index (Phi) is 7.24. The highest BCUT2D eigenvalue weighted by Crippen LogP contribution is 2.17. The van der Waals surface area contributed by atoms with Crippen LogP contribution in [0.1, 0.15) is 31.9 Å². The Balaban J connectivity index is 2.42. The van der Waals surface area contributed by atoms with Crippen molar-refractivity contribution in [1.82, 2.24) is 9.97 Å². The summed E-state index contributed by atoms with van der Waals surface area (Å²) in [5.74, 6) is 0.418. The molecule has 0 saturated carbocycles. The number of H-pyrrole nitrogens is 2. The molecule has 116 valence electrons. The van der Waals surface area contributed by atoms with Crippen LogP contribution in [0.4, 0.5) is 5.69 Å². The van der Waals surface area contributed by atoms with Crippen molar-refractivity contribution >= 4 is 35.6 Å². The molecule has 0 bridgehead atoms. The van der Waals surface area contributed by atoms with Crippen LogP contribution in [0.2, 0.25) is 0 Å². The van der Waals surface area contributed by atoms with Gasteiger partial charge in [0.25, 0.3) is 5.56 Å². The molecule has 8 heteroatoms. The fourth-order valence-corrected chi connectivity index (χ4v) is 2.77. The predicted molar refractivity (Wildman–Crippen MR) is 89.6 cm³/mol. The number of aryl methyl sites for hydroxylation is 1. The number of rotatable bonds is 8. The number of carbonyl (C=O) groups is 1. The van der Waals surface area contributed by atoms with Gasteiger partial charge in [-0.05, 0) is 43.3 Å². The lowest BCUT2D eigenvalue weighted by Crippen LogP contribution is -2.16. The Morgan fingerprint density at radius 2 is 2.14 bits per heavy atom. The van der Waals surface area contributed by atoms with Crippen molar-refractivity contribution in [2.45, 2.75) is 32.6 Å². The van der Waals surface area contributed by atoms with Crippen LogP contribution in [0.25, 0.3) is 0 Å². The largest absolute Gasteiger partial charge is 0.393 e. The number of amides is 1. The van der Waals surface area contributed by atoms with Gasteiger partial charge >= 0.3 is 0 Å². The lowest BCUT2D eigenvalue weighted by atomic mass is 10.1. The summed E-state index contributed by atoms with van der Waals surface area (Å²) in [5.41, 5.74) is 11.3. The molecule has 1 aromatic rings. The topological polar surface area (TPSA) is 118 Å². The van der Waals surface area contributed by atoms with Crippen LogP contribution in [0.3, 0.4) is 0 Å². The number of nitrogens with two attached hydrogens (primary N) is 2. The van der Waals surface area contributed by atoms with E-state index in [0.717, 1.165) is 17.7 Å². The Morgan fingerprint density at radius 3 is 2.81 bits per heavy atom. The summed E-state index contributed by atoms with van der Waals surface area (Å²) in [6.45, 7) is 2.00. The number of carbonyl (C=O) groups excluding carboxylic acids is 1. The third-order valence-corrected chi connectivity index (χ3v) is 4.04. The molecule has 0 radical (unpaired) electrons. The summed E-state index contributed by atoms with van der Waals surface area (Å²) in [6.07, 6.45) is 4.86. The molecule has 21 heavy (non-hydrogen) atoms. The van der Waals surface area contributed by atoms with Gasteiger partial charge in [0.2, 0.25) is 5.91 Å². The molecule has 0 aliphatic heterocycles. The lowest BCUT2D eigenvalue weighted by Gasteiger charge is -2.04. The number of thioether (sulfide) groups is 1. The van der Waals surface area contributed by atoms with Gasteiger partial charge in [0.1, 0.15) is 5.69 Å². The molecule has 6 nitrogen and oxygen atoms in total. The highest BCUT2D eigenvalue weighted by atomic mass is 32.2. The number of hydrogen-bond acceptors (Lipinski definition) is 5. The molecule has 6 N–H and O–H groups in total. The summed E-state index contributed by atoms with van der Waals surface area (Å²) in [6, 6.07) is 0. The smallest absolute Gasteiger partial charge is 0.275 e. The number of aromatic amines is 2. The van der Waals surface area contributed by atoms with Gasteiger partial charge in [-0.15, -0.1) is 11.8 Å². The highest BCUT2D eigenvalue weighted by Gasteiger charge is 2.03. The quantitative estimate of drug-likeness (QED) is 0.429. The van der Waals surface area contributed by atoms with Crippen molar-refractivity contribution in [1.29, 1.82) is 0 Å². The zero-order chi connectivity index (χ0) is 15.8. The van der Waals surface area contributed by atoms with Crippen molar-refractivity contribution in [3.63, 3.8) is 0 Å². The van der Waals surface area contributed by atoms with E-state index in [-0.39, 0.29) is 21.9 Å². The predicted octanol–water partition coefficient (Wildman–Crippen LogP) is 1.85. The van der Waals surface area contributed by atoms with Crippen LogP contribution in [0.5, 0.6) is 0 Å². The summed E-state index contributed by atoms with van der Waals surface area (Å²) in [4.78, 5) is 28.6. The third-order valence-electron chi connectivity index (χ3n) is 2.80. The van der Waals surface area contributed by atoms with E-state index in [1.165, 1.54) is 0 Å². The van der Waals surface area contributed by atoms with Crippen LogP contribution in [-0.2, 0) is 11.2 Å². The summed E-state index contributed by atoms with van der Waals surface area (Å²) < 4.78 is 0.290. The van der Waals surface area contributed by atoms with Gasteiger partial charge in [-0.2, -0.15) is 0 Å². The summed E-state index contributed by atoms with van der Waals surface area (Å²) >= 11 is 6.53. The second-order valence-electron chi connectivity index (χ2n) is 4.57. The number of primary amides is 1. The second kappa shape index (κ2) is 8.68. The minimum atomic E-state index is -0.345. The molecule has 0 aliphatic carbocycles. The third kappa shape index (κ3) is 6.63. The molecule has 0 aromatic carbocycles. The van der Waals surface area contributed by atoms with E-state index in [1.54, 1.807) is 11.8 Å². The van der Waals surface area contributed by atoms with E-state index < -0.39 is 0 Å². The maximum Gasteiger partial charge on any atom is 0.275 e. The normalized spacial score (nSPS) is 11.6. The molecule has 0 saturated heterocycles. The number of allylic oxidation sites excluding steroid dienone is 2. The molecule has 0 spiro atoms. The Morgan fingerprint density at radius 1 is 1.43 bits per heavy atom. The van der Waals surface area contributed by atoms with E-state index >= 15 is 0 Å². The molecule has 1 rings (SSSR count). The fourth-order valence-electron chi connectivity index (χ4n) is 1.70. The van der Waals surface area contributed by atoms with Crippen LogP contribution in [0, 0.1) is 4.77 Å². The monoisotopic (exact) mass is 328 g/mol. The van der Waals surface area contributed by atoms with Crippen LogP contribution < -0.4 is 17.0 Å². The van der Waals surface area contributed by atoms with E-state index in [9.17, 15) is 9.59 Å². The average Bonchev–Trinajstić information content (AvgIpc) is 2.39. The van der Waals surface area contributed by atoms with Gasteiger partial charge in [0.15, 0.2) is 4.77 Å². The zero-order valence-corrected chi connectivity index (χ0v) is 13.5. The van der Waals surface area contributed by atoms with Crippen molar-refractivity contribution in [3.8, 4) is 0 Å². The summed E-state index contributed by atoms with van der Waals surface area (Å²) in [5, 5.41) is 0. The number of aromatic nitrogens is 2. The van der Waals surface area contributed by atoms with E-state index in [2.05, 4.69) is 16.0 Å². The maximum absolute atomic E-state index is 11.5. The van der Waals surface area contributed by atoms with Crippen LogP contribution in [-0.4, -0.2) is 21.6 Å². The van der Waals surface area contributed by atoms with Gasteiger partial charge in [0, 0.05) is 17.9 Å². The molecule has 1 amide bonds. The fraction of sp³-hybridized carbons (Fsp3) is 0.462. The van der Waals surface area contributed by atoms with E-state index in [4.69, 9.17) is 23.7 Å². The summed E-state index contributed by atoms with van der Waals surface area (Å²) in [7, 11) is 0. The molecule has 0 aliphatic rings. The molecular weight excluding hydrogens is 308 g/mol. The molecular formula is C13H20N4O2S2. The first-order chi connectivity index (χ1) is 9.90. The average molecular weight is 328 g/mol. The van der Waals surface area contributed by atoms with Crippen molar-refractivity contribution < 1.29 is 4.79 Å². The molecule has 0 unspecified atom stereocenters. The molecule has 0 fully saturated rings. The Bertz CT molecular complexity index is 634. The standard InChI is InChI=1S/C13H20N4O2S2/c1-8(21-7-6-10(14)18)4-2-3-5-9-11(15)12(19)17-13(20)16-9/h4H,2-3,5-7,15H2,1H3,(H2,14,18)(H2,16,17,19,20)/b8-4-. The van der Waals surface area contributed by atoms with E-state index in [1.807, 2.05) is 6.92 Å². The highest BCUT2D eigenvalue weighted by molar-refractivity contribution is 8.03. The number of nitrogens with one attached hydrogen (secondary N) is 2. The molecule has 0 atom stereocenters. The zero-order valence-electron chi connectivity index (χ0n) is 11.9. The Hall–Kier alpha value is -1.54. The molecule has 1 heterocycles. The maximum atomic E-state index is 11.5. The van der Waals surface area contributed by atoms with Gasteiger partial charge in [-0.1, -0.05) is 6.08 Å². The van der Waals surface area contributed by atoms with Crippen molar-refractivity contribution in [2.75, 3.05) is 11.5 Å². The Labute approximate surface area is 132 Å². The first-order valence-corrected chi connectivity index (χ1v) is 7.98. The van der Waals surface area contributed by atoms with Gasteiger partial charge in [-0.25, -0.2) is 0 Å². The van der Waals surface area contributed by atoms with Crippen molar-refractivity contribution in [3.05, 3.63) is 31.8 Å². The minimum Gasteiger partial charge on any atom is -0.393 e. The first kappa shape index (κ1) is 17.5. The number of nitrogen functional groups attached to an aromatic ring is 1. The second-order valence-corrected chi connectivity index (χ2v) is 6.32. The minimum absolute atomic E-state index is 0.195. The van der Waals surface area contributed by atoms with Gasteiger partial charge in [0.05, 0.1) is 0 Å². The van der Waals surface area contributed by atoms with Gasteiger partial charge < -0.3 is 16.5 Å². The number of anilines is 1. The van der Waals surface area contributed by atoms with Gasteiger partial charge in [-0.3, -0.25) is 14.6 Å². The lowest BCUT2D eigenvalue weighted by molar-refractivity contribution is -0.117. The molecule has 1 aromatic heterocycles. The number of hydrogen-bond donors (Lipinski definition) is 4. The van der Waals surface area contributed by atoms with Crippen LogP contribution in [0.15, 0.2) is 15.8 Å².